The summed E-state index contributed by atoms with van der Waals surface area (Å²) in [5.41, 5.74) is 5.20. The number of carbonyl (C=O) groups excluding carboxylic acids is 2. The van der Waals surface area contributed by atoms with Gasteiger partial charge in [-0.2, -0.15) is 5.10 Å². The monoisotopic (exact) mass is 640 g/mol. The fraction of sp³-hybridized carbons (Fsp3) is 0.564. The number of carbonyl (C=O) groups is 2. The van der Waals surface area contributed by atoms with Crippen molar-refractivity contribution in [3.05, 3.63) is 66.0 Å². The SMILES string of the molecule is COc1ccc([C@H]2CC[C@H](CN(c3cccc(-c4cnn(C5CC5)c4)c3)C(=O)[C@H]3CC[C@H](NC(=O)OC(C)(C)C)CC3)CC2)cc1C. The number of alkyl carbamates (subject to hydrolysis) is 1. The Bertz CT molecular complexity index is 1540. The van der Waals surface area contributed by atoms with Gasteiger partial charge in [0, 0.05) is 36.0 Å². The van der Waals surface area contributed by atoms with E-state index in [4.69, 9.17) is 9.47 Å². The van der Waals surface area contributed by atoms with Gasteiger partial charge in [0.25, 0.3) is 0 Å². The lowest BCUT2D eigenvalue weighted by Gasteiger charge is -2.36. The molecule has 3 aromatic rings. The second-order valence-electron chi connectivity index (χ2n) is 15.1. The molecular weight excluding hydrogens is 588 g/mol. The van der Waals surface area contributed by atoms with Crippen LogP contribution >= 0.6 is 0 Å². The largest absolute Gasteiger partial charge is 0.496 e. The molecule has 0 saturated heterocycles. The number of methoxy groups -OCH3 is 1. The van der Waals surface area contributed by atoms with Gasteiger partial charge in [-0.15, -0.1) is 0 Å². The zero-order valence-electron chi connectivity index (χ0n) is 28.8. The molecule has 0 atom stereocenters. The molecule has 0 radical (unpaired) electrons. The van der Waals surface area contributed by atoms with E-state index in [1.807, 2.05) is 27.0 Å². The number of hydrogen-bond donors (Lipinski definition) is 1. The number of nitrogens with zero attached hydrogens (tertiary/aromatic N) is 3. The molecule has 0 bridgehead atoms. The van der Waals surface area contributed by atoms with Crippen LogP contribution in [0.4, 0.5) is 10.5 Å². The normalized spacial score (nSPS) is 23.2. The highest BCUT2D eigenvalue weighted by Crippen LogP contribution is 2.40. The van der Waals surface area contributed by atoms with Crippen molar-refractivity contribution < 1.29 is 19.1 Å². The van der Waals surface area contributed by atoms with E-state index in [9.17, 15) is 9.59 Å². The van der Waals surface area contributed by atoms with Crippen LogP contribution in [0.15, 0.2) is 54.9 Å². The highest BCUT2D eigenvalue weighted by atomic mass is 16.6. The van der Waals surface area contributed by atoms with Crippen molar-refractivity contribution in [2.45, 2.75) is 116 Å². The maximum atomic E-state index is 14.4. The van der Waals surface area contributed by atoms with Crippen molar-refractivity contribution in [1.29, 1.82) is 0 Å². The summed E-state index contributed by atoms with van der Waals surface area (Å²) in [5, 5.41) is 7.64. The Morgan fingerprint density at radius 3 is 2.34 bits per heavy atom. The van der Waals surface area contributed by atoms with Gasteiger partial charge in [-0.1, -0.05) is 24.3 Å². The Hall–Kier alpha value is -3.81. The Balaban J connectivity index is 1.15. The van der Waals surface area contributed by atoms with Crippen molar-refractivity contribution in [2.24, 2.45) is 11.8 Å². The Labute approximate surface area is 280 Å². The first-order valence-corrected chi connectivity index (χ1v) is 17.7. The van der Waals surface area contributed by atoms with Crippen LogP contribution in [0.5, 0.6) is 5.75 Å². The molecule has 1 N–H and O–H groups in total. The van der Waals surface area contributed by atoms with E-state index >= 15 is 0 Å². The van der Waals surface area contributed by atoms with Crippen molar-refractivity contribution in [1.82, 2.24) is 15.1 Å². The van der Waals surface area contributed by atoms with Crippen LogP contribution in [0.3, 0.4) is 0 Å². The number of anilines is 1. The smallest absolute Gasteiger partial charge is 0.407 e. The standard InChI is InChI=1S/C39H52N4O4/c1-26-21-31(15-20-36(26)46-5)28-11-9-27(10-12-28)24-42(35-8-6-7-30(22-35)32-23-40-43(25-32)34-18-19-34)37(44)29-13-16-33(17-14-29)41-38(45)47-39(2,3)4/h6-8,15,20-23,25,27-29,33-34H,9-14,16-19,24H2,1-5H3,(H,41,45)/t27-,28-,29-,33-. The first kappa shape index (κ1) is 33.1. The number of benzene rings is 2. The predicted molar refractivity (Wildman–Crippen MR) is 186 cm³/mol. The van der Waals surface area contributed by atoms with E-state index < -0.39 is 5.60 Å². The van der Waals surface area contributed by atoms with Gasteiger partial charge in [0.1, 0.15) is 11.4 Å². The molecule has 8 heteroatoms. The average Bonchev–Trinajstić information content (AvgIpc) is 3.79. The summed E-state index contributed by atoms with van der Waals surface area (Å²) < 4.78 is 13.0. The molecule has 1 heterocycles. The van der Waals surface area contributed by atoms with Gasteiger partial charge in [0.05, 0.1) is 19.3 Å². The van der Waals surface area contributed by atoms with E-state index in [0.29, 0.717) is 17.9 Å². The zero-order chi connectivity index (χ0) is 33.1. The topological polar surface area (TPSA) is 85.7 Å². The van der Waals surface area contributed by atoms with Crippen LogP contribution in [-0.4, -0.2) is 47.1 Å². The summed E-state index contributed by atoms with van der Waals surface area (Å²) in [5.74, 6) is 2.07. The molecule has 3 saturated carbocycles. The minimum atomic E-state index is -0.532. The summed E-state index contributed by atoms with van der Waals surface area (Å²) in [6, 6.07) is 15.6. The molecular formula is C39H52N4O4. The third kappa shape index (κ3) is 8.38. The highest BCUT2D eigenvalue weighted by Gasteiger charge is 2.34. The van der Waals surface area contributed by atoms with Gasteiger partial charge < -0.3 is 19.7 Å². The molecule has 47 heavy (non-hydrogen) atoms. The van der Waals surface area contributed by atoms with E-state index in [2.05, 4.69) is 75.6 Å². The zero-order valence-corrected chi connectivity index (χ0v) is 28.8. The van der Waals surface area contributed by atoms with E-state index in [-0.39, 0.29) is 24.0 Å². The van der Waals surface area contributed by atoms with Gasteiger partial charge in [0.15, 0.2) is 0 Å². The van der Waals surface area contributed by atoms with Gasteiger partial charge >= 0.3 is 6.09 Å². The molecule has 8 nitrogen and oxygen atoms in total. The van der Waals surface area contributed by atoms with Crippen LogP contribution < -0.4 is 15.0 Å². The van der Waals surface area contributed by atoms with Crippen LogP contribution in [0, 0.1) is 18.8 Å². The van der Waals surface area contributed by atoms with E-state index in [1.54, 1.807) is 7.11 Å². The minimum Gasteiger partial charge on any atom is -0.496 e. The first-order valence-electron chi connectivity index (χ1n) is 17.7. The van der Waals surface area contributed by atoms with Crippen LogP contribution in [0.2, 0.25) is 0 Å². The van der Waals surface area contributed by atoms with Gasteiger partial charge in [-0.3, -0.25) is 9.48 Å². The maximum Gasteiger partial charge on any atom is 0.407 e. The van der Waals surface area contributed by atoms with E-state index in [1.165, 1.54) is 24.0 Å². The minimum absolute atomic E-state index is 0.0329. The number of aromatic nitrogens is 2. The average molecular weight is 641 g/mol. The van der Waals surface area contributed by atoms with Crippen molar-refractivity contribution >= 4 is 17.7 Å². The number of nitrogens with one attached hydrogen (secondary N) is 1. The fourth-order valence-corrected chi connectivity index (χ4v) is 7.47. The first-order chi connectivity index (χ1) is 22.6. The summed E-state index contributed by atoms with van der Waals surface area (Å²) >= 11 is 0. The molecule has 1 aromatic heterocycles. The maximum absolute atomic E-state index is 14.4. The molecule has 6 rings (SSSR count). The second kappa shape index (κ2) is 14.1. The highest BCUT2D eigenvalue weighted by molar-refractivity contribution is 5.95. The summed E-state index contributed by atoms with van der Waals surface area (Å²) in [4.78, 5) is 28.9. The van der Waals surface area contributed by atoms with Gasteiger partial charge in [-0.25, -0.2) is 4.79 Å². The van der Waals surface area contributed by atoms with Crippen molar-refractivity contribution in [2.75, 3.05) is 18.6 Å². The Kier molecular flexibility index (Phi) is 9.95. The van der Waals surface area contributed by atoms with Crippen molar-refractivity contribution in [3.63, 3.8) is 0 Å². The van der Waals surface area contributed by atoms with E-state index in [0.717, 1.165) is 80.5 Å². The third-order valence-electron chi connectivity index (χ3n) is 10.3. The predicted octanol–water partition coefficient (Wildman–Crippen LogP) is 8.59. The lowest BCUT2D eigenvalue weighted by Crippen LogP contribution is -2.45. The number of rotatable bonds is 9. The molecule has 0 unspecified atom stereocenters. The van der Waals surface area contributed by atoms with Crippen molar-refractivity contribution in [3.8, 4) is 16.9 Å². The summed E-state index contributed by atoms with van der Waals surface area (Å²) in [6.07, 6.45) is 13.6. The Morgan fingerprint density at radius 1 is 0.936 bits per heavy atom. The van der Waals surface area contributed by atoms with Crippen LogP contribution in [-0.2, 0) is 9.53 Å². The lowest BCUT2D eigenvalue weighted by atomic mass is 9.78. The molecule has 3 aliphatic rings. The van der Waals surface area contributed by atoms with Crippen LogP contribution in [0.25, 0.3) is 11.1 Å². The molecule has 2 amide bonds. The van der Waals surface area contributed by atoms with Gasteiger partial charge in [-0.05, 0) is 139 Å². The lowest BCUT2D eigenvalue weighted by molar-refractivity contribution is -0.123. The molecule has 2 aromatic carbocycles. The Morgan fingerprint density at radius 2 is 1.68 bits per heavy atom. The molecule has 0 spiro atoms. The number of amides is 2. The number of ether oxygens (including phenoxy) is 2. The second-order valence-corrected chi connectivity index (χ2v) is 15.1. The van der Waals surface area contributed by atoms with Crippen LogP contribution in [0.1, 0.15) is 108 Å². The molecule has 0 aliphatic heterocycles. The summed E-state index contributed by atoms with van der Waals surface area (Å²) in [6.45, 7) is 8.46. The number of aryl methyl sites for hydroxylation is 1. The molecule has 3 fully saturated rings. The molecule has 252 valence electrons. The summed E-state index contributed by atoms with van der Waals surface area (Å²) in [7, 11) is 1.73. The fourth-order valence-electron chi connectivity index (χ4n) is 7.47. The molecule has 3 aliphatic carbocycles. The third-order valence-corrected chi connectivity index (χ3v) is 10.3. The van der Waals surface area contributed by atoms with Gasteiger partial charge in [0.2, 0.25) is 5.91 Å². The quantitative estimate of drug-likeness (QED) is 0.253. The number of hydrogen-bond acceptors (Lipinski definition) is 5.